The molecule has 1 atom stereocenters. The molecule has 2 amide bonds. The smallest absolute Gasteiger partial charge is 0.317 e. The molecule has 82 valence electrons. The summed E-state index contributed by atoms with van der Waals surface area (Å²) in [5.74, 6) is 0. The molecule has 4 nitrogen and oxygen atoms in total. The van der Waals surface area contributed by atoms with Gasteiger partial charge in [-0.15, -0.1) is 0 Å². The van der Waals surface area contributed by atoms with Gasteiger partial charge in [-0.05, 0) is 33.9 Å². The van der Waals surface area contributed by atoms with Gasteiger partial charge in [0.2, 0.25) is 0 Å². The lowest BCUT2D eigenvalue weighted by Crippen LogP contribution is -2.47. The van der Waals surface area contributed by atoms with Crippen molar-refractivity contribution in [3.05, 3.63) is 0 Å². The van der Waals surface area contributed by atoms with Gasteiger partial charge in [0.1, 0.15) is 0 Å². The SMILES string of the molecule is CCNC(=O)N1CCCN(C)CC1C. The summed E-state index contributed by atoms with van der Waals surface area (Å²) < 4.78 is 0. The highest BCUT2D eigenvalue weighted by molar-refractivity contribution is 5.74. The lowest BCUT2D eigenvalue weighted by atomic mass is 10.3. The molecule has 1 aliphatic rings. The van der Waals surface area contributed by atoms with Crippen LogP contribution in [0, 0.1) is 0 Å². The molecule has 4 heteroatoms. The minimum Gasteiger partial charge on any atom is -0.338 e. The minimum absolute atomic E-state index is 0.0790. The van der Waals surface area contributed by atoms with E-state index in [0.29, 0.717) is 12.6 Å². The van der Waals surface area contributed by atoms with Gasteiger partial charge in [-0.25, -0.2) is 4.79 Å². The molecular formula is C10H21N3O. The Balaban J connectivity index is 2.53. The predicted octanol–water partition coefficient (Wildman–Crippen LogP) is 0.742. The summed E-state index contributed by atoms with van der Waals surface area (Å²) in [4.78, 5) is 15.9. The summed E-state index contributed by atoms with van der Waals surface area (Å²) in [7, 11) is 2.11. The number of carbonyl (C=O) groups excluding carboxylic acids is 1. The van der Waals surface area contributed by atoms with Crippen LogP contribution < -0.4 is 5.32 Å². The average molecular weight is 199 g/mol. The van der Waals surface area contributed by atoms with Crippen LogP contribution in [-0.2, 0) is 0 Å². The highest BCUT2D eigenvalue weighted by Crippen LogP contribution is 2.08. The molecule has 1 saturated heterocycles. The number of likely N-dealkylation sites (N-methyl/N-ethyl adjacent to an activating group) is 1. The van der Waals surface area contributed by atoms with E-state index in [4.69, 9.17) is 0 Å². The first-order valence-corrected chi connectivity index (χ1v) is 5.38. The lowest BCUT2D eigenvalue weighted by Gasteiger charge is -2.27. The van der Waals surface area contributed by atoms with Crippen molar-refractivity contribution in [3.8, 4) is 0 Å². The van der Waals surface area contributed by atoms with Crippen LogP contribution in [0.2, 0.25) is 0 Å². The minimum atomic E-state index is 0.0790. The van der Waals surface area contributed by atoms with Gasteiger partial charge in [0.15, 0.2) is 0 Å². The van der Waals surface area contributed by atoms with Gasteiger partial charge in [0, 0.05) is 25.7 Å². The van der Waals surface area contributed by atoms with Crippen LogP contribution in [0.4, 0.5) is 4.79 Å². The number of hydrogen-bond acceptors (Lipinski definition) is 2. The van der Waals surface area contributed by atoms with Gasteiger partial charge in [0.25, 0.3) is 0 Å². The second-order valence-corrected chi connectivity index (χ2v) is 3.99. The molecule has 1 heterocycles. The number of rotatable bonds is 1. The highest BCUT2D eigenvalue weighted by Gasteiger charge is 2.23. The van der Waals surface area contributed by atoms with Crippen molar-refractivity contribution in [1.29, 1.82) is 0 Å². The molecule has 0 aliphatic carbocycles. The van der Waals surface area contributed by atoms with Gasteiger partial charge in [-0.3, -0.25) is 0 Å². The Hall–Kier alpha value is -0.770. The van der Waals surface area contributed by atoms with E-state index < -0.39 is 0 Å². The maximum Gasteiger partial charge on any atom is 0.317 e. The maximum atomic E-state index is 11.7. The van der Waals surface area contributed by atoms with Gasteiger partial charge in [0.05, 0.1) is 0 Å². The van der Waals surface area contributed by atoms with Crippen LogP contribution in [0.5, 0.6) is 0 Å². The zero-order chi connectivity index (χ0) is 10.6. The quantitative estimate of drug-likeness (QED) is 0.676. The zero-order valence-electron chi connectivity index (χ0n) is 9.42. The third-order valence-corrected chi connectivity index (χ3v) is 2.64. The fourth-order valence-corrected chi connectivity index (χ4v) is 1.93. The Morgan fingerprint density at radius 1 is 1.50 bits per heavy atom. The summed E-state index contributed by atoms with van der Waals surface area (Å²) in [6.45, 7) is 7.69. The Bertz CT molecular complexity index is 196. The molecule has 1 rings (SSSR count). The van der Waals surface area contributed by atoms with Crippen molar-refractivity contribution in [2.24, 2.45) is 0 Å². The molecule has 0 aromatic rings. The third-order valence-electron chi connectivity index (χ3n) is 2.64. The van der Waals surface area contributed by atoms with Crippen molar-refractivity contribution in [3.63, 3.8) is 0 Å². The number of amides is 2. The second-order valence-electron chi connectivity index (χ2n) is 3.99. The largest absolute Gasteiger partial charge is 0.338 e. The van der Waals surface area contributed by atoms with E-state index in [1.54, 1.807) is 0 Å². The van der Waals surface area contributed by atoms with Gasteiger partial charge in [-0.1, -0.05) is 0 Å². The van der Waals surface area contributed by atoms with Crippen LogP contribution in [-0.4, -0.2) is 55.1 Å². The second kappa shape index (κ2) is 5.20. The third kappa shape index (κ3) is 2.87. The van der Waals surface area contributed by atoms with E-state index in [9.17, 15) is 4.79 Å². The molecule has 1 N–H and O–H groups in total. The summed E-state index contributed by atoms with van der Waals surface area (Å²) in [6.07, 6.45) is 1.07. The fraction of sp³-hybridized carbons (Fsp3) is 0.900. The number of nitrogens with zero attached hydrogens (tertiary/aromatic N) is 2. The van der Waals surface area contributed by atoms with Crippen molar-refractivity contribution in [2.45, 2.75) is 26.3 Å². The molecule has 0 radical (unpaired) electrons. The summed E-state index contributed by atoms with van der Waals surface area (Å²) in [5.41, 5.74) is 0. The molecule has 0 aromatic heterocycles. The Morgan fingerprint density at radius 2 is 2.21 bits per heavy atom. The Morgan fingerprint density at radius 3 is 2.86 bits per heavy atom. The summed E-state index contributed by atoms with van der Waals surface area (Å²) in [6, 6.07) is 0.393. The number of nitrogens with one attached hydrogen (secondary N) is 1. The van der Waals surface area contributed by atoms with E-state index >= 15 is 0 Å². The molecule has 14 heavy (non-hydrogen) atoms. The van der Waals surface area contributed by atoms with Crippen molar-refractivity contribution in [1.82, 2.24) is 15.1 Å². The van der Waals surface area contributed by atoms with Crippen LogP contribution in [0.3, 0.4) is 0 Å². The number of urea groups is 1. The zero-order valence-corrected chi connectivity index (χ0v) is 9.42. The van der Waals surface area contributed by atoms with E-state index in [2.05, 4.69) is 24.2 Å². The topological polar surface area (TPSA) is 35.6 Å². The standard InChI is InChI=1S/C10H21N3O/c1-4-11-10(14)13-7-5-6-12(3)8-9(13)2/h9H,4-8H2,1-3H3,(H,11,14). The van der Waals surface area contributed by atoms with E-state index in [-0.39, 0.29) is 6.03 Å². The fourth-order valence-electron chi connectivity index (χ4n) is 1.93. The van der Waals surface area contributed by atoms with E-state index in [1.165, 1.54) is 0 Å². The molecule has 0 aromatic carbocycles. The van der Waals surface area contributed by atoms with Crippen LogP contribution in [0.15, 0.2) is 0 Å². The molecule has 0 bridgehead atoms. The van der Waals surface area contributed by atoms with Crippen molar-refractivity contribution < 1.29 is 4.79 Å². The maximum absolute atomic E-state index is 11.7. The van der Waals surface area contributed by atoms with Gasteiger partial charge < -0.3 is 15.1 Å². The molecular weight excluding hydrogens is 178 g/mol. The first kappa shape index (κ1) is 11.3. The van der Waals surface area contributed by atoms with E-state index in [0.717, 1.165) is 26.1 Å². The molecule has 1 unspecified atom stereocenters. The van der Waals surface area contributed by atoms with Crippen molar-refractivity contribution >= 4 is 6.03 Å². The first-order chi connectivity index (χ1) is 6.65. The first-order valence-electron chi connectivity index (χ1n) is 5.38. The molecule has 0 saturated carbocycles. The van der Waals surface area contributed by atoms with Crippen LogP contribution >= 0.6 is 0 Å². The average Bonchev–Trinajstić information content (AvgIpc) is 2.27. The monoisotopic (exact) mass is 199 g/mol. The molecule has 1 fully saturated rings. The Labute approximate surface area is 86.2 Å². The number of hydrogen-bond donors (Lipinski definition) is 1. The van der Waals surface area contributed by atoms with Crippen LogP contribution in [0.1, 0.15) is 20.3 Å². The van der Waals surface area contributed by atoms with E-state index in [1.807, 2.05) is 11.8 Å². The number of carbonyl (C=O) groups is 1. The lowest BCUT2D eigenvalue weighted by molar-refractivity contribution is 0.178. The normalized spacial score (nSPS) is 24.5. The van der Waals surface area contributed by atoms with Gasteiger partial charge in [-0.2, -0.15) is 0 Å². The highest BCUT2D eigenvalue weighted by atomic mass is 16.2. The van der Waals surface area contributed by atoms with Crippen molar-refractivity contribution in [2.75, 3.05) is 33.2 Å². The predicted molar refractivity (Wildman–Crippen MR) is 57.4 cm³/mol. The molecule has 0 spiro atoms. The molecule has 1 aliphatic heterocycles. The van der Waals surface area contributed by atoms with Crippen LogP contribution in [0.25, 0.3) is 0 Å². The summed E-state index contributed by atoms with van der Waals surface area (Å²) >= 11 is 0. The summed E-state index contributed by atoms with van der Waals surface area (Å²) in [5, 5.41) is 2.86. The Kier molecular flexibility index (Phi) is 4.20. The van der Waals surface area contributed by atoms with Gasteiger partial charge >= 0.3 is 6.03 Å².